The lowest BCUT2D eigenvalue weighted by Gasteiger charge is -2.21. The molecule has 122 valence electrons. The lowest BCUT2D eigenvalue weighted by Crippen LogP contribution is -2.38. The third kappa shape index (κ3) is 4.93. The highest BCUT2D eigenvalue weighted by molar-refractivity contribution is 5.78. The quantitative estimate of drug-likeness (QED) is 0.686. The molecule has 1 aliphatic heterocycles. The molecule has 0 spiro atoms. The highest BCUT2D eigenvalue weighted by atomic mass is 19.4. The topological polar surface area (TPSA) is 41.6 Å². The molecule has 0 unspecified atom stereocenters. The van der Waals surface area contributed by atoms with Gasteiger partial charge < -0.3 is 10.6 Å². The summed E-state index contributed by atoms with van der Waals surface area (Å²) < 4.78 is 37.4. The Balaban J connectivity index is 1.85. The van der Waals surface area contributed by atoms with E-state index in [9.17, 15) is 13.2 Å². The normalized spacial score (nSPS) is 17.4. The van der Waals surface area contributed by atoms with E-state index in [1.807, 2.05) is 0 Å². The summed E-state index contributed by atoms with van der Waals surface area (Å²) in [6.45, 7) is 2.37. The van der Waals surface area contributed by atoms with Gasteiger partial charge in [0, 0.05) is 19.6 Å². The first-order chi connectivity index (χ1) is 10.5. The fourth-order valence-corrected chi connectivity index (χ4v) is 2.56. The standard InChI is InChI=1S/C16H22F3N3/c17-16(18,19)14-7-5-13(6-8-14)9-10-21-15(20)22-11-3-1-2-4-12-22/h5-8H,1-4,9-12H2,(H2,20,21). The Hall–Kier alpha value is -1.72. The SMILES string of the molecule is NC(=NCCc1ccc(C(F)(F)F)cc1)N1CCCCCC1. The van der Waals surface area contributed by atoms with Gasteiger partial charge in [0.15, 0.2) is 5.96 Å². The van der Waals surface area contributed by atoms with E-state index in [2.05, 4.69) is 9.89 Å². The zero-order chi connectivity index (χ0) is 16.0. The van der Waals surface area contributed by atoms with Gasteiger partial charge in [-0.05, 0) is 37.0 Å². The largest absolute Gasteiger partial charge is 0.416 e. The summed E-state index contributed by atoms with van der Waals surface area (Å²) in [6.07, 6.45) is 1.04. The van der Waals surface area contributed by atoms with Crippen molar-refractivity contribution in [2.45, 2.75) is 38.3 Å². The minimum absolute atomic E-state index is 0.494. The van der Waals surface area contributed by atoms with E-state index < -0.39 is 11.7 Å². The third-order valence-corrected chi connectivity index (χ3v) is 3.89. The maximum Gasteiger partial charge on any atom is 0.416 e. The zero-order valence-electron chi connectivity index (χ0n) is 12.6. The molecular formula is C16H22F3N3. The zero-order valence-corrected chi connectivity index (χ0v) is 12.6. The number of aliphatic imine (C=N–C) groups is 1. The first-order valence-electron chi connectivity index (χ1n) is 7.68. The number of nitrogens with two attached hydrogens (primary N) is 1. The molecule has 1 aromatic carbocycles. The van der Waals surface area contributed by atoms with Crippen LogP contribution in [0.5, 0.6) is 0 Å². The monoisotopic (exact) mass is 313 g/mol. The number of guanidine groups is 1. The summed E-state index contributed by atoms with van der Waals surface area (Å²) in [5.74, 6) is 0.550. The Kier molecular flexibility index (Phi) is 5.69. The van der Waals surface area contributed by atoms with Crippen LogP contribution in [0.15, 0.2) is 29.3 Å². The molecule has 1 heterocycles. The average Bonchev–Trinajstić information content (AvgIpc) is 2.76. The van der Waals surface area contributed by atoms with Crippen molar-refractivity contribution in [1.29, 1.82) is 0 Å². The second kappa shape index (κ2) is 7.51. The Morgan fingerprint density at radius 1 is 1.05 bits per heavy atom. The summed E-state index contributed by atoms with van der Waals surface area (Å²) in [5, 5.41) is 0. The lowest BCUT2D eigenvalue weighted by atomic mass is 10.1. The van der Waals surface area contributed by atoms with Crippen LogP contribution in [-0.2, 0) is 12.6 Å². The maximum atomic E-state index is 12.5. The van der Waals surface area contributed by atoms with Gasteiger partial charge in [-0.2, -0.15) is 13.2 Å². The minimum Gasteiger partial charge on any atom is -0.370 e. The van der Waals surface area contributed by atoms with E-state index in [0.717, 1.165) is 43.6 Å². The number of rotatable bonds is 3. The number of alkyl halides is 3. The summed E-state index contributed by atoms with van der Waals surface area (Å²) >= 11 is 0. The average molecular weight is 313 g/mol. The van der Waals surface area contributed by atoms with Crippen molar-refractivity contribution in [3.8, 4) is 0 Å². The second-order valence-electron chi connectivity index (χ2n) is 5.59. The molecule has 1 aromatic rings. The van der Waals surface area contributed by atoms with Crippen molar-refractivity contribution in [2.24, 2.45) is 10.7 Å². The molecule has 1 aliphatic rings. The van der Waals surface area contributed by atoms with Crippen LogP contribution in [0.3, 0.4) is 0 Å². The number of benzene rings is 1. The van der Waals surface area contributed by atoms with Crippen LogP contribution in [0, 0.1) is 0 Å². The highest BCUT2D eigenvalue weighted by Crippen LogP contribution is 2.29. The van der Waals surface area contributed by atoms with Crippen molar-refractivity contribution < 1.29 is 13.2 Å². The van der Waals surface area contributed by atoms with Crippen molar-refractivity contribution in [3.63, 3.8) is 0 Å². The van der Waals surface area contributed by atoms with E-state index >= 15 is 0 Å². The first kappa shape index (κ1) is 16.6. The Morgan fingerprint density at radius 2 is 1.64 bits per heavy atom. The molecule has 0 aromatic heterocycles. The lowest BCUT2D eigenvalue weighted by molar-refractivity contribution is -0.137. The molecule has 2 N–H and O–H groups in total. The first-order valence-corrected chi connectivity index (χ1v) is 7.68. The number of halogens is 3. The predicted molar refractivity (Wildman–Crippen MR) is 81.7 cm³/mol. The van der Waals surface area contributed by atoms with Crippen molar-refractivity contribution in [1.82, 2.24) is 4.90 Å². The Bertz CT molecular complexity index is 486. The van der Waals surface area contributed by atoms with Crippen LogP contribution < -0.4 is 5.73 Å². The second-order valence-corrected chi connectivity index (χ2v) is 5.59. The fourth-order valence-electron chi connectivity index (χ4n) is 2.56. The fraction of sp³-hybridized carbons (Fsp3) is 0.562. The minimum atomic E-state index is -4.28. The molecule has 1 fully saturated rings. The van der Waals surface area contributed by atoms with Crippen LogP contribution in [0.2, 0.25) is 0 Å². The van der Waals surface area contributed by atoms with Gasteiger partial charge >= 0.3 is 6.18 Å². The summed E-state index contributed by atoms with van der Waals surface area (Å²) in [4.78, 5) is 6.45. The molecule has 0 radical (unpaired) electrons. The predicted octanol–water partition coefficient (Wildman–Crippen LogP) is 3.44. The van der Waals surface area contributed by atoms with E-state index in [4.69, 9.17) is 5.73 Å². The number of hydrogen-bond donors (Lipinski definition) is 1. The van der Waals surface area contributed by atoms with Gasteiger partial charge in [-0.1, -0.05) is 25.0 Å². The van der Waals surface area contributed by atoms with Crippen LogP contribution in [0.25, 0.3) is 0 Å². The number of nitrogens with zero attached hydrogens (tertiary/aromatic N) is 2. The van der Waals surface area contributed by atoms with Crippen molar-refractivity contribution in [2.75, 3.05) is 19.6 Å². The summed E-state index contributed by atoms with van der Waals surface area (Å²) in [5.41, 5.74) is 6.20. The third-order valence-electron chi connectivity index (χ3n) is 3.89. The molecule has 3 nitrogen and oxygen atoms in total. The highest BCUT2D eigenvalue weighted by Gasteiger charge is 2.29. The summed E-state index contributed by atoms with van der Waals surface area (Å²) in [7, 11) is 0. The molecule has 0 saturated carbocycles. The molecule has 22 heavy (non-hydrogen) atoms. The van der Waals surface area contributed by atoms with Gasteiger partial charge in [-0.25, -0.2) is 0 Å². The Morgan fingerprint density at radius 3 is 2.18 bits per heavy atom. The van der Waals surface area contributed by atoms with Gasteiger partial charge in [0.05, 0.1) is 5.56 Å². The molecule has 0 bridgehead atoms. The smallest absolute Gasteiger partial charge is 0.370 e. The molecule has 0 aliphatic carbocycles. The van der Waals surface area contributed by atoms with Gasteiger partial charge in [-0.3, -0.25) is 4.99 Å². The Labute approximate surface area is 129 Å². The van der Waals surface area contributed by atoms with Crippen LogP contribution in [0.4, 0.5) is 13.2 Å². The van der Waals surface area contributed by atoms with E-state index in [-0.39, 0.29) is 0 Å². The molecule has 0 amide bonds. The summed E-state index contributed by atoms with van der Waals surface area (Å²) in [6, 6.07) is 5.22. The van der Waals surface area contributed by atoms with E-state index in [1.165, 1.54) is 25.0 Å². The van der Waals surface area contributed by atoms with Gasteiger partial charge in [-0.15, -0.1) is 0 Å². The van der Waals surface area contributed by atoms with E-state index in [1.54, 1.807) is 0 Å². The maximum absolute atomic E-state index is 12.5. The molecular weight excluding hydrogens is 291 g/mol. The van der Waals surface area contributed by atoms with Crippen LogP contribution in [0.1, 0.15) is 36.8 Å². The van der Waals surface area contributed by atoms with Crippen molar-refractivity contribution >= 4 is 5.96 Å². The van der Waals surface area contributed by atoms with E-state index in [0.29, 0.717) is 18.9 Å². The van der Waals surface area contributed by atoms with Gasteiger partial charge in [0.1, 0.15) is 0 Å². The van der Waals surface area contributed by atoms with Gasteiger partial charge in [0.2, 0.25) is 0 Å². The molecule has 6 heteroatoms. The number of hydrogen-bond acceptors (Lipinski definition) is 1. The van der Waals surface area contributed by atoms with Crippen molar-refractivity contribution in [3.05, 3.63) is 35.4 Å². The molecule has 1 saturated heterocycles. The number of likely N-dealkylation sites (tertiary alicyclic amines) is 1. The van der Waals surface area contributed by atoms with Crippen LogP contribution >= 0.6 is 0 Å². The van der Waals surface area contributed by atoms with Gasteiger partial charge in [0.25, 0.3) is 0 Å². The van der Waals surface area contributed by atoms with Crippen LogP contribution in [-0.4, -0.2) is 30.5 Å². The molecule has 2 rings (SSSR count). The molecule has 0 atom stereocenters.